The average Bonchev–Trinajstić information content (AvgIpc) is 2.96. The monoisotopic (exact) mass is 329 g/mol. The molecule has 3 rings (SSSR count). The zero-order valence-electron chi connectivity index (χ0n) is 15.3. The molecule has 0 aliphatic carbocycles. The van der Waals surface area contributed by atoms with Crippen LogP contribution in [0.4, 0.5) is 0 Å². The van der Waals surface area contributed by atoms with E-state index in [4.69, 9.17) is 0 Å². The van der Waals surface area contributed by atoms with Crippen molar-refractivity contribution in [3.63, 3.8) is 0 Å². The van der Waals surface area contributed by atoms with Crippen LogP contribution in [0.1, 0.15) is 32.3 Å². The Morgan fingerprint density at radius 3 is 2.42 bits per heavy atom. The smallest absolute Gasteiger partial charge is 0.219 e. The molecule has 0 unspecified atom stereocenters. The van der Waals surface area contributed by atoms with Gasteiger partial charge in [-0.1, -0.05) is 44.2 Å². The highest BCUT2D eigenvalue weighted by Gasteiger charge is 2.35. The van der Waals surface area contributed by atoms with Crippen molar-refractivity contribution in [2.45, 2.75) is 32.7 Å². The molecule has 0 saturated carbocycles. The van der Waals surface area contributed by atoms with Gasteiger partial charge in [0.15, 0.2) is 0 Å². The number of hydrogen-bond donors (Lipinski definition) is 0. The molecular weight excluding hydrogens is 298 g/mol. The summed E-state index contributed by atoms with van der Waals surface area (Å²) in [7, 11) is 0. The van der Waals surface area contributed by atoms with Gasteiger partial charge in [-0.15, -0.1) is 0 Å². The van der Waals surface area contributed by atoms with Crippen LogP contribution in [0.5, 0.6) is 0 Å². The van der Waals surface area contributed by atoms with Crippen LogP contribution >= 0.6 is 0 Å². The number of amides is 1. The molecule has 3 atom stereocenters. The van der Waals surface area contributed by atoms with Crippen LogP contribution in [0.2, 0.25) is 0 Å². The molecule has 2 aliphatic rings. The second-order valence-corrected chi connectivity index (χ2v) is 7.62. The number of benzene rings is 1. The second kappa shape index (κ2) is 7.66. The van der Waals surface area contributed by atoms with Gasteiger partial charge in [0.05, 0.1) is 0 Å². The molecule has 0 spiro atoms. The van der Waals surface area contributed by atoms with Gasteiger partial charge in [0.25, 0.3) is 0 Å². The van der Waals surface area contributed by atoms with E-state index in [0.717, 1.165) is 32.7 Å². The maximum atomic E-state index is 11.5. The highest BCUT2D eigenvalue weighted by Crippen LogP contribution is 2.26. The van der Waals surface area contributed by atoms with Crippen LogP contribution in [0.3, 0.4) is 0 Å². The SMILES string of the molecule is CC(=O)N1CCN([C@@H]2CN(C[C@@H](C)c3ccccc3)C[C@H]2C)CC1. The van der Waals surface area contributed by atoms with Crippen molar-refractivity contribution in [3.05, 3.63) is 35.9 Å². The molecule has 24 heavy (non-hydrogen) atoms. The Balaban J connectivity index is 1.52. The molecule has 2 saturated heterocycles. The van der Waals surface area contributed by atoms with Gasteiger partial charge in [-0.3, -0.25) is 9.69 Å². The summed E-state index contributed by atoms with van der Waals surface area (Å²) in [6.07, 6.45) is 0. The van der Waals surface area contributed by atoms with E-state index < -0.39 is 0 Å². The van der Waals surface area contributed by atoms with Gasteiger partial charge in [-0.2, -0.15) is 0 Å². The quantitative estimate of drug-likeness (QED) is 0.848. The van der Waals surface area contributed by atoms with E-state index in [9.17, 15) is 4.79 Å². The zero-order valence-corrected chi connectivity index (χ0v) is 15.3. The lowest BCUT2D eigenvalue weighted by molar-refractivity contribution is -0.130. The van der Waals surface area contributed by atoms with Gasteiger partial charge in [-0.05, 0) is 17.4 Å². The molecule has 4 nitrogen and oxygen atoms in total. The summed E-state index contributed by atoms with van der Waals surface area (Å²) in [5.74, 6) is 1.50. The molecule has 1 aromatic carbocycles. The Kier molecular flexibility index (Phi) is 5.57. The summed E-state index contributed by atoms with van der Waals surface area (Å²) >= 11 is 0. The lowest BCUT2D eigenvalue weighted by atomic mass is 10.0. The molecule has 0 bridgehead atoms. The van der Waals surface area contributed by atoms with Crippen molar-refractivity contribution < 1.29 is 4.79 Å². The van der Waals surface area contributed by atoms with E-state index in [-0.39, 0.29) is 5.91 Å². The number of likely N-dealkylation sites (tertiary alicyclic amines) is 1. The lowest BCUT2D eigenvalue weighted by Crippen LogP contribution is -2.53. The van der Waals surface area contributed by atoms with Crippen LogP contribution in [0.25, 0.3) is 0 Å². The van der Waals surface area contributed by atoms with Crippen LogP contribution in [-0.4, -0.2) is 72.5 Å². The number of piperazine rings is 1. The van der Waals surface area contributed by atoms with Gasteiger partial charge in [0, 0.05) is 58.8 Å². The fourth-order valence-electron chi connectivity index (χ4n) is 4.32. The van der Waals surface area contributed by atoms with Crippen LogP contribution < -0.4 is 0 Å². The molecule has 0 N–H and O–H groups in total. The third-order valence-electron chi connectivity index (χ3n) is 5.78. The van der Waals surface area contributed by atoms with E-state index in [1.54, 1.807) is 6.92 Å². The van der Waals surface area contributed by atoms with E-state index in [1.807, 2.05) is 4.90 Å². The molecule has 1 aromatic rings. The van der Waals surface area contributed by atoms with Crippen molar-refractivity contribution in [3.8, 4) is 0 Å². The molecule has 2 fully saturated rings. The van der Waals surface area contributed by atoms with Crippen molar-refractivity contribution in [1.29, 1.82) is 0 Å². The number of nitrogens with zero attached hydrogens (tertiary/aromatic N) is 3. The first-order valence-electron chi connectivity index (χ1n) is 9.31. The number of hydrogen-bond acceptors (Lipinski definition) is 3. The van der Waals surface area contributed by atoms with Gasteiger partial charge in [0.1, 0.15) is 0 Å². The minimum Gasteiger partial charge on any atom is -0.340 e. The molecule has 4 heteroatoms. The van der Waals surface area contributed by atoms with E-state index >= 15 is 0 Å². The largest absolute Gasteiger partial charge is 0.340 e. The minimum absolute atomic E-state index is 0.215. The molecular formula is C20H31N3O. The fraction of sp³-hybridized carbons (Fsp3) is 0.650. The maximum Gasteiger partial charge on any atom is 0.219 e. The maximum absolute atomic E-state index is 11.5. The summed E-state index contributed by atoms with van der Waals surface area (Å²) in [5, 5.41) is 0. The standard InChI is InChI=1S/C20H31N3O/c1-16(19-7-5-4-6-8-19)13-21-14-17(2)20(15-21)23-11-9-22(10-12-23)18(3)24/h4-8,16-17,20H,9-15H2,1-3H3/t16-,17-,20-/m1/s1. The van der Waals surface area contributed by atoms with Crippen LogP contribution in [0.15, 0.2) is 30.3 Å². The highest BCUT2D eigenvalue weighted by molar-refractivity contribution is 5.73. The van der Waals surface area contributed by atoms with Crippen LogP contribution in [0, 0.1) is 5.92 Å². The summed E-state index contributed by atoms with van der Waals surface area (Å²) in [5.41, 5.74) is 1.43. The van der Waals surface area contributed by atoms with E-state index in [0.29, 0.717) is 17.9 Å². The predicted octanol–water partition coefficient (Wildman–Crippen LogP) is 2.27. The van der Waals surface area contributed by atoms with E-state index in [2.05, 4.69) is 54.0 Å². The van der Waals surface area contributed by atoms with Crippen LogP contribution in [-0.2, 0) is 4.79 Å². The molecule has 2 aliphatic heterocycles. The Morgan fingerprint density at radius 1 is 1.12 bits per heavy atom. The third-order valence-corrected chi connectivity index (χ3v) is 5.78. The Hall–Kier alpha value is -1.39. The third kappa shape index (κ3) is 3.98. The Bertz CT molecular complexity index is 539. The van der Waals surface area contributed by atoms with Crippen molar-refractivity contribution in [2.75, 3.05) is 45.8 Å². The molecule has 132 valence electrons. The summed E-state index contributed by atoms with van der Waals surface area (Å²) in [6, 6.07) is 11.5. The van der Waals surface area contributed by atoms with Gasteiger partial charge in [-0.25, -0.2) is 0 Å². The number of carbonyl (C=O) groups excluding carboxylic acids is 1. The molecule has 0 aromatic heterocycles. The summed E-state index contributed by atoms with van der Waals surface area (Å²) in [4.78, 5) is 18.7. The molecule has 2 heterocycles. The van der Waals surface area contributed by atoms with Gasteiger partial charge in [0.2, 0.25) is 5.91 Å². The fourth-order valence-corrected chi connectivity index (χ4v) is 4.32. The van der Waals surface area contributed by atoms with Crippen molar-refractivity contribution >= 4 is 5.91 Å². The average molecular weight is 329 g/mol. The minimum atomic E-state index is 0.215. The Morgan fingerprint density at radius 2 is 1.79 bits per heavy atom. The summed E-state index contributed by atoms with van der Waals surface area (Å²) < 4.78 is 0. The lowest BCUT2D eigenvalue weighted by Gasteiger charge is -2.39. The molecule has 1 amide bonds. The summed E-state index contributed by atoms with van der Waals surface area (Å²) in [6.45, 7) is 13.7. The van der Waals surface area contributed by atoms with Crippen molar-refractivity contribution in [2.24, 2.45) is 5.92 Å². The molecule has 0 radical (unpaired) electrons. The number of carbonyl (C=O) groups is 1. The van der Waals surface area contributed by atoms with E-state index in [1.165, 1.54) is 18.7 Å². The second-order valence-electron chi connectivity index (χ2n) is 7.62. The number of rotatable bonds is 4. The normalized spacial score (nSPS) is 27.4. The first-order chi connectivity index (χ1) is 11.5. The van der Waals surface area contributed by atoms with Gasteiger partial charge < -0.3 is 9.80 Å². The Labute approximate surface area is 146 Å². The first-order valence-corrected chi connectivity index (χ1v) is 9.31. The zero-order chi connectivity index (χ0) is 17.1. The topological polar surface area (TPSA) is 26.8 Å². The highest BCUT2D eigenvalue weighted by atomic mass is 16.2. The van der Waals surface area contributed by atoms with Gasteiger partial charge >= 0.3 is 0 Å². The van der Waals surface area contributed by atoms with Crippen molar-refractivity contribution in [1.82, 2.24) is 14.7 Å². The first kappa shape index (κ1) is 17.4. The predicted molar refractivity (Wildman–Crippen MR) is 98.1 cm³/mol.